The molecular weight excluding hydrogens is 385 g/mol. The van der Waals surface area contributed by atoms with Crippen molar-refractivity contribution in [2.45, 2.75) is 20.8 Å². The van der Waals surface area contributed by atoms with Gasteiger partial charge < -0.3 is 15.1 Å². The third kappa shape index (κ3) is 4.24. The van der Waals surface area contributed by atoms with Gasteiger partial charge >= 0.3 is 0 Å². The Morgan fingerprint density at radius 1 is 1.00 bits per heavy atom. The monoisotopic (exact) mass is 409 g/mol. The van der Waals surface area contributed by atoms with Crippen LogP contribution in [0, 0.1) is 19.7 Å². The molecule has 3 heterocycles. The Morgan fingerprint density at radius 2 is 1.67 bits per heavy atom. The van der Waals surface area contributed by atoms with Crippen LogP contribution >= 0.6 is 0 Å². The number of piperazine rings is 1. The third-order valence-corrected chi connectivity index (χ3v) is 5.08. The van der Waals surface area contributed by atoms with Gasteiger partial charge in [0.05, 0.1) is 5.69 Å². The molecule has 9 heteroatoms. The van der Waals surface area contributed by atoms with E-state index in [2.05, 4.69) is 25.3 Å². The van der Waals surface area contributed by atoms with Crippen LogP contribution in [0.25, 0.3) is 5.82 Å². The third-order valence-electron chi connectivity index (χ3n) is 5.08. The topological polar surface area (TPSA) is 79.2 Å². The molecule has 0 radical (unpaired) electrons. The van der Waals surface area contributed by atoms with Gasteiger partial charge in [-0.3, -0.25) is 4.79 Å². The van der Waals surface area contributed by atoms with Crippen molar-refractivity contribution in [1.29, 1.82) is 0 Å². The van der Waals surface area contributed by atoms with E-state index < -0.39 is 0 Å². The lowest BCUT2D eigenvalue weighted by molar-refractivity contribution is -0.129. The molecule has 1 saturated heterocycles. The zero-order valence-electron chi connectivity index (χ0n) is 17.3. The van der Waals surface area contributed by atoms with E-state index in [9.17, 15) is 9.18 Å². The van der Waals surface area contributed by atoms with E-state index in [-0.39, 0.29) is 11.7 Å². The number of halogens is 1. The average Bonchev–Trinajstić information content (AvgIpc) is 3.07. The van der Waals surface area contributed by atoms with Crippen molar-refractivity contribution in [2.24, 2.45) is 0 Å². The maximum Gasteiger partial charge on any atom is 0.231 e. The van der Waals surface area contributed by atoms with Crippen molar-refractivity contribution in [1.82, 2.24) is 24.6 Å². The molecule has 1 N–H and O–H groups in total. The Morgan fingerprint density at radius 3 is 2.27 bits per heavy atom. The summed E-state index contributed by atoms with van der Waals surface area (Å²) in [4.78, 5) is 24.9. The standard InChI is InChI=1S/C21H24FN7O/c1-14-12-15(2)29(26-14)20-13-19(28-10-8-27(9-11-28)16(3)30)24-21(25-20)23-18-6-4-17(22)5-7-18/h4-7,12-13H,8-11H2,1-3H3,(H,23,24,25). The minimum Gasteiger partial charge on any atom is -0.353 e. The molecule has 0 unspecified atom stereocenters. The Balaban J connectivity index is 1.68. The molecule has 3 aromatic rings. The van der Waals surface area contributed by atoms with E-state index in [0.717, 1.165) is 17.2 Å². The summed E-state index contributed by atoms with van der Waals surface area (Å²) in [6.45, 7) is 8.16. The first-order valence-electron chi connectivity index (χ1n) is 9.85. The Bertz CT molecular complexity index is 1060. The van der Waals surface area contributed by atoms with Crippen LogP contribution in [0.1, 0.15) is 18.3 Å². The number of hydrogen-bond donors (Lipinski definition) is 1. The number of aryl methyl sites for hydroxylation is 2. The Hall–Kier alpha value is -3.49. The first kappa shape index (κ1) is 19.8. The van der Waals surface area contributed by atoms with E-state index in [1.54, 1.807) is 23.7 Å². The van der Waals surface area contributed by atoms with Gasteiger partial charge in [-0.1, -0.05) is 0 Å². The van der Waals surface area contributed by atoms with Crippen LogP contribution in [0.3, 0.4) is 0 Å². The number of rotatable bonds is 4. The summed E-state index contributed by atoms with van der Waals surface area (Å²) >= 11 is 0. The molecule has 0 bridgehead atoms. The molecule has 1 aromatic carbocycles. The molecular formula is C21H24FN7O. The van der Waals surface area contributed by atoms with E-state index in [1.165, 1.54) is 12.1 Å². The Kier molecular flexibility index (Phi) is 5.35. The Labute approximate surface area is 174 Å². The largest absolute Gasteiger partial charge is 0.353 e. The molecule has 0 saturated carbocycles. The molecule has 30 heavy (non-hydrogen) atoms. The molecule has 1 fully saturated rings. The van der Waals surface area contributed by atoms with Gasteiger partial charge in [0.25, 0.3) is 0 Å². The minimum atomic E-state index is -0.304. The molecule has 0 aliphatic carbocycles. The van der Waals surface area contributed by atoms with E-state index >= 15 is 0 Å². The number of carbonyl (C=O) groups is 1. The molecule has 0 atom stereocenters. The number of benzene rings is 1. The molecule has 156 valence electrons. The molecule has 1 aliphatic rings. The van der Waals surface area contributed by atoms with E-state index in [1.807, 2.05) is 30.9 Å². The fraction of sp³-hybridized carbons (Fsp3) is 0.333. The summed E-state index contributed by atoms with van der Waals surface area (Å²) in [5, 5.41) is 7.69. The zero-order chi connectivity index (χ0) is 21.3. The van der Waals surface area contributed by atoms with Gasteiger partial charge in [0, 0.05) is 50.6 Å². The molecule has 2 aromatic heterocycles. The van der Waals surface area contributed by atoms with Gasteiger partial charge in [0.1, 0.15) is 11.6 Å². The predicted octanol–water partition coefficient (Wildman–Crippen LogP) is 2.83. The molecule has 1 amide bonds. The lowest BCUT2D eigenvalue weighted by Crippen LogP contribution is -2.48. The second-order valence-corrected chi connectivity index (χ2v) is 7.37. The number of aromatic nitrogens is 4. The van der Waals surface area contributed by atoms with Crippen molar-refractivity contribution in [2.75, 3.05) is 36.4 Å². The number of nitrogens with zero attached hydrogens (tertiary/aromatic N) is 6. The van der Waals surface area contributed by atoms with Crippen molar-refractivity contribution >= 4 is 23.4 Å². The van der Waals surface area contributed by atoms with Crippen LogP contribution in [-0.2, 0) is 4.79 Å². The smallest absolute Gasteiger partial charge is 0.231 e. The summed E-state index contributed by atoms with van der Waals surface area (Å²) in [5.41, 5.74) is 2.55. The summed E-state index contributed by atoms with van der Waals surface area (Å²) in [5.74, 6) is 1.57. The van der Waals surface area contributed by atoms with Crippen molar-refractivity contribution in [3.8, 4) is 5.82 Å². The second-order valence-electron chi connectivity index (χ2n) is 7.37. The lowest BCUT2D eigenvalue weighted by Gasteiger charge is -2.35. The van der Waals surface area contributed by atoms with E-state index in [4.69, 9.17) is 0 Å². The van der Waals surface area contributed by atoms with Crippen LogP contribution in [0.5, 0.6) is 0 Å². The summed E-state index contributed by atoms with van der Waals surface area (Å²) < 4.78 is 15.0. The fourth-order valence-electron chi connectivity index (χ4n) is 3.52. The van der Waals surface area contributed by atoms with Crippen molar-refractivity contribution < 1.29 is 9.18 Å². The first-order valence-corrected chi connectivity index (χ1v) is 9.85. The van der Waals surface area contributed by atoms with Crippen LogP contribution in [-0.4, -0.2) is 56.7 Å². The fourth-order valence-corrected chi connectivity index (χ4v) is 3.52. The van der Waals surface area contributed by atoms with Gasteiger partial charge in [-0.2, -0.15) is 15.1 Å². The van der Waals surface area contributed by atoms with E-state index in [0.29, 0.717) is 43.6 Å². The lowest BCUT2D eigenvalue weighted by atomic mass is 10.3. The maximum absolute atomic E-state index is 13.2. The van der Waals surface area contributed by atoms with Crippen LogP contribution in [0.4, 0.5) is 21.8 Å². The van der Waals surface area contributed by atoms with Crippen molar-refractivity contribution in [3.05, 3.63) is 53.6 Å². The number of hydrogen-bond acceptors (Lipinski definition) is 6. The average molecular weight is 409 g/mol. The highest BCUT2D eigenvalue weighted by Crippen LogP contribution is 2.23. The number of amides is 1. The SMILES string of the molecule is CC(=O)N1CCN(c2cc(-n3nc(C)cc3C)nc(Nc3ccc(F)cc3)n2)CC1. The molecule has 4 rings (SSSR count). The van der Waals surface area contributed by atoms with Crippen LogP contribution in [0.2, 0.25) is 0 Å². The summed E-state index contributed by atoms with van der Waals surface area (Å²) in [7, 11) is 0. The van der Waals surface area contributed by atoms with Crippen LogP contribution in [0.15, 0.2) is 36.4 Å². The number of anilines is 3. The highest BCUT2D eigenvalue weighted by Gasteiger charge is 2.21. The van der Waals surface area contributed by atoms with Gasteiger partial charge in [-0.05, 0) is 44.2 Å². The highest BCUT2D eigenvalue weighted by atomic mass is 19.1. The van der Waals surface area contributed by atoms with Gasteiger partial charge in [0.2, 0.25) is 11.9 Å². The zero-order valence-corrected chi connectivity index (χ0v) is 17.3. The normalized spacial score (nSPS) is 14.1. The quantitative estimate of drug-likeness (QED) is 0.714. The number of nitrogens with one attached hydrogen (secondary N) is 1. The maximum atomic E-state index is 13.2. The van der Waals surface area contributed by atoms with Gasteiger partial charge in [-0.15, -0.1) is 0 Å². The molecule has 0 spiro atoms. The predicted molar refractivity (Wildman–Crippen MR) is 113 cm³/mol. The van der Waals surface area contributed by atoms with Crippen molar-refractivity contribution in [3.63, 3.8) is 0 Å². The van der Waals surface area contributed by atoms with Crippen LogP contribution < -0.4 is 10.2 Å². The number of carbonyl (C=O) groups excluding carboxylic acids is 1. The van der Waals surface area contributed by atoms with Gasteiger partial charge in [0.15, 0.2) is 5.82 Å². The van der Waals surface area contributed by atoms with Gasteiger partial charge in [-0.25, -0.2) is 9.07 Å². The summed E-state index contributed by atoms with van der Waals surface area (Å²) in [6, 6.07) is 9.93. The summed E-state index contributed by atoms with van der Waals surface area (Å²) in [6.07, 6.45) is 0. The minimum absolute atomic E-state index is 0.0827. The first-order chi connectivity index (χ1) is 14.4. The molecule has 8 nitrogen and oxygen atoms in total. The molecule has 1 aliphatic heterocycles. The second kappa shape index (κ2) is 8.10. The highest BCUT2D eigenvalue weighted by molar-refractivity contribution is 5.73.